The first-order chi connectivity index (χ1) is 15.4. The average molecular weight is 453 g/mol. The Labute approximate surface area is 193 Å². The van der Waals surface area contributed by atoms with Gasteiger partial charge in [-0.2, -0.15) is 0 Å². The summed E-state index contributed by atoms with van der Waals surface area (Å²) in [7, 11) is -0.506. The van der Waals surface area contributed by atoms with Crippen molar-refractivity contribution >= 4 is 30.4 Å². The molecule has 1 aliphatic rings. The van der Waals surface area contributed by atoms with E-state index in [4.69, 9.17) is 14.0 Å². The lowest BCUT2D eigenvalue weighted by Gasteiger charge is -2.32. The van der Waals surface area contributed by atoms with E-state index in [9.17, 15) is 19.5 Å². The van der Waals surface area contributed by atoms with Crippen LogP contribution in [0.4, 0.5) is 0 Å². The fourth-order valence-corrected chi connectivity index (χ4v) is 3.31. The molecule has 1 atom stereocenters. The molecule has 9 heteroatoms. The molecule has 2 aromatic rings. The summed E-state index contributed by atoms with van der Waals surface area (Å²) in [5.74, 6) is -1.85. The molecule has 33 heavy (non-hydrogen) atoms. The number of aliphatic carboxylic acids is 1. The van der Waals surface area contributed by atoms with E-state index in [0.29, 0.717) is 5.75 Å². The summed E-state index contributed by atoms with van der Waals surface area (Å²) >= 11 is 0. The molecular weight excluding hydrogens is 425 g/mol. The van der Waals surface area contributed by atoms with E-state index in [0.717, 1.165) is 11.0 Å². The van der Waals surface area contributed by atoms with Crippen molar-refractivity contribution in [3.8, 4) is 5.75 Å². The second kappa shape index (κ2) is 9.37. The molecule has 0 saturated carbocycles. The van der Waals surface area contributed by atoms with Crippen LogP contribution in [0, 0.1) is 0 Å². The zero-order valence-corrected chi connectivity index (χ0v) is 19.4. The predicted molar refractivity (Wildman–Crippen MR) is 123 cm³/mol. The molecule has 0 unspecified atom stereocenters. The highest BCUT2D eigenvalue weighted by Crippen LogP contribution is 2.36. The Morgan fingerprint density at radius 3 is 2.00 bits per heavy atom. The number of carbonyl (C=O) groups is 3. The Hall–Kier alpha value is -3.17. The topological polar surface area (TPSA) is 111 Å². The average Bonchev–Trinajstić information content (AvgIpc) is 2.95. The van der Waals surface area contributed by atoms with Crippen molar-refractivity contribution in [3.63, 3.8) is 0 Å². The molecule has 2 N–H and O–H groups in total. The van der Waals surface area contributed by atoms with Gasteiger partial charge in [-0.05, 0) is 63.0 Å². The fourth-order valence-electron chi connectivity index (χ4n) is 3.31. The maximum atomic E-state index is 12.5. The Balaban J connectivity index is 1.65. The van der Waals surface area contributed by atoms with E-state index < -0.39 is 42.2 Å². The van der Waals surface area contributed by atoms with Crippen molar-refractivity contribution in [1.29, 1.82) is 0 Å². The summed E-state index contributed by atoms with van der Waals surface area (Å²) in [5, 5.41) is 12.1. The maximum Gasteiger partial charge on any atom is 0.494 e. The van der Waals surface area contributed by atoms with E-state index in [1.54, 1.807) is 12.1 Å². The summed E-state index contributed by atoms with van der Waals surface area (Å²) in [6, 6.07) is 12.0. The zero-order chi connectivity index (χ0) is 24.4. The number of esters is 1. The molecule has 0 spiro atoms. The molecule has 1 amide bonds. The van der Waals surface area contributed by atoms with Gasteiger partial charge in [0.25, 0.3) is 5.91 Å². The number of hydrogen-bond donors (Lipinski definition) is 2. The zero-order valence-electron chi connectivity index (χ0n) is 19.4. The van der Waals surface area contributed by atoms with Crippen LogP contribution in [0.3, 0.4) is 0 Å². The highest BCUT2D eigenvalue weighted by Gasteiger charge is 2.51. The third-order valence-corrected chi connectivity index (χ3v) is 5.93. The van der Waals surface area contributed by atoms with Crippen LogP contribution in [0.25, 0.3) is 0 Å². The number of carbonyl (C=O) groups excluding carboxylic acids is 2. The van der Waals surface area contributed by atoms with E-state index in [-0.39, 0.29) is 12.0 Å². The lowest BCUT2D eigenvalue weighted by molar-refractivity contribution is -0.139. The SMILES string of the molecule is CC(=O)Oc1ccc(C(=O)N[C@@H](Cc2ccc(B3OC(C)(C)C(C)(C)O3)cc2)C(=O)O)cc1. The molecule has 0 radical (unpaired) electrons. The summed E-state index contributed by atoms with van der Waals surface area (Å²) in [5.41, 5.74) is 0.930. The number of hydrogen-bond acceptors (Lipinski definition) is 6. The van der Waals surface area contributed by atoms with Gasteiger partial charge in [0.15, 0.2) is 0 Å². The van der Waals surface area contributed by atoms with E-state index in [2.05, 4.69) is 5.32 Å². The first-order valence-corrected chi connectivity index (χ1v) is 10.6. The van der Waals surface area contributed by atoms with Gasteiger partial charge in [-0.15, -0.1) is 0 Å². The van der Waals surface area contributed by atoms with Gasteiger partial charge < -0.3 is 24.5 Å². The van der Waals surface area contributed by atoms with Crippen molar-refractivity contribution in [3.05, 3.63) is 59.7 Å². The monoisotopic (exact) mass is 453 g/mol. The van der Waals surface area contributed by atoms with Crippen molar-refractivity contribution in [2.45, 2.75) is 58.3 Å². The van der Waals surface area contributed by atoms with Gasteiger partial charge in [-0.25, -0.2) is 4.79 Å². The Morgan fingerprint density at radius 1 is 0.970 bits per heavy atom. The van der Waals surface area contributed by atoms with E-state index >= 15 is 0 Å². The molecule has 3 rings (SSSR count). The van der Waals surface area contributed by atoms with E-state index in [1.165, 1.54) is 31.2 Å². The molecular formula is C24H28BNO7. The molecule has 1 saturated heterocycles. The molecule has 174 valence electrons. The quantitative estimate of drug-likeness (QED) is 0.376. The van der Waals surface area contributed by atoms with Crippen LogP contribution in [0.2, 0.25) is 0 Å². The molecule has 0 aromatic heterocycles. The van der Waals surface area contributed by atoms with Crippen LogP contribution in [0.1, 0.15) is 50.5 Å². The molecule has 0 bridgehead atoms. The highest BCUT2D eigenvalue weighted by atomic mass is 16.7. The molecule has 1 heterocycles. The van der Waals surface area contributed by atoms with Gasteiger partial charge in [0, 0.05) is 18.9 Å². The normalized spacial score (nSPS) is 17.3. The Morgan fingerprint density at radius 2 is 1.52 bits per heavy atom. The van der Waals surface area contributed by atoms with Crippen LogP contribution >= 0.6 is 0 Å². The van der Waals surface area contributed by atoms with Gasteiger partial charge in [-0.1, -0.05) is 24.3 Å². The smallest absolute Gasteiger partial charge is 0.480 e. The lowest BCUT2D eigenvalue weighted by atomic mass is 9.78. The number of ether oxygens (including phenoxy) is 1. The summed E-state index contributed by atoms with van der Waals surface area (Å²) in [6.07, 6.45) is 0.107. The van der Waals surface area contributed by atoms with E-state index in [1.807, 2.05) is 39.8 Å². The predicted octanol–water partition coefficient (Wildman–Crippen LogP) is 2.34. The van der Waals surface area contributed by atoms with Crippen molar-refractivity contribution in [2.75, 3.05) is 0 Å². The van der Waals surface area contributed by atoms with Crippen LogP contribution in [0.15, 0.2) is 48.5 Å². The van der Waals surface area contributed by atoms with Crippen molar-refractivity contribution in [2.24, 2.45) is 0 Å². The number of carboxylic acid groups (broad SMARTS) is 1. The van der Waals surface area contributed by atoms with Gasteiger partial charge in [-0.3, -0.25) is 9.59 Å². The fraction of sp³-hybridized carbons (Fsp3) is 0.375. The van der Waals surface area contributed by atoms with Gasteiger partial charge in [0.05, 0.1) is 11.2 Å². The van der Waals surface area contributed by atoms with Crippen LogP contribution in [0.5, 0.6) is 5.75 Å². The van der Waals surface area contributed by atoms with Crippen LogP contribution in [-0.2, 0) is 25.3 Å². The Bertz CT molecular complexity index is 1020. The molecule has 1 aliphatic heterocycles. The van der Waals surface area contributed by atoms with Crippen molar-refractivity contribution < 1.29 is 33.5 Å². The van der Waals surface area contributed by atoms with Gasteiger partial charge >= 0.3 is 19.1 Å². The second-order valence-electron chi connectivity index (χ2n) is 9.02. The standard InChI is InChI=1S/C24H28BNO7/c1-15(27)31-19-12-8-17(9-13-19)21(28)26-20(22(29)30)14-16-6-10-18(11-7-16)25-32-23(2,3)24(4,5)33-25/h6-13,20H,14H2,1-5H3,(H,26,28)(H,29,30)/t20-/m0/s1. The highest BCUT2D eigenvalue weighted by molar-refractivity contribution is 6.62. The number of rotatable bonds is 7. The lowest BCUT2D eigenvalue weighted by Crippen LogP contribution is -2.42. The van der Waals surface area contributed by atoms with Crippen LogP contribution < -0.4 is 15.5 Å². The summed E-state index contributed by atoms with van der Waals surface area (Å²) in [6.45, 7) is 9.19. The first kappa shape index (κ1) is 24.5. The van der Waals surface area contributed by atoms with Gasteiger partial charge in [0.2, 0.25) is 0 Å². The largest absolute Gasteiger partial charge is 0.494 e. The maximum absolute atomic E-state index is 12.5. The molecule has 2 aromatic carbocycles. The van der Waals surface area contributed by atoms with Crippen LogP contribution in [-0.4, -0.2) is 47.3 Å². The minimum atomic E-state index is -1.14. The number of carboxylic acids is 1. The number of nitrogens with one attached hydrogen (secondary N) is 1. The van der Waals surface area contributed by atoms with Crippen molar-refractivity contribution in [1.82, 2.24) is 5.32 Å². The third-order valence-electron chi connectivity index (χ3n) is 5.93. The summed E-state index contributed by atoms with van der Waals surface area (Å²) < 4.78 is 17.0. The molecule has 0 aliphatic carbocycles. The molecule has 1 fully saturated rings. The minimum absolute atomic E-state index is 0.107. The number of amides is 1. The minimum Gasteiger partial charge on any atom is -0.480 e. The first-order valence-electron chi connectivity index (χ1n) is 10.6. The molecule has 8 nitrogen and oxygen atoms in total. The third kappa shape index (κ3) is 5.80. The van der Waals surface area contributed by atoms with Gasteiger partial charge in [0.1, 0.15) is 11.8 Å². The number of benzene rings is 2. The summed E-state index contributed by atoms with van der Waals surface area (Å²) in [4.78, 5) is 35.3. The Kier molecular flexibility index (Phi) is 6.95. The second-order valence-corrected chi connectivity index (χ2v) is 9.02.